The summed E-state index contributed by atoms with van der Waals surface area (Å²) in [6, 6.07) is 8.22. The molecule has 1 unspecified atom stereocenters. The number of urea groups is 1. The van der Waals surface area contributed by atoms with Crippen molar-refractivity contribution in [2.24, 2.45) is 0 Å². The summed E-state index contributed by atoms with van der Waals surface area (Å²) in [7, 11) is -1.38. The van der Waals surface area contributed by atoms with Crippen molar-refractivity contribution in [3.8, 4) is 0 Å². The van der Waals surface area contributed by atoms with Gasteiger partial charge in [0.05, 0.1) is 6.26 Å². The van der Waals surface area contributed by atoms with Crippen LogP contribution in [0.3, 0.4) is 0 Å². The Kier molecular flexibility index (Phi) is 4.83. The molecule has 3 rings (SSSR count). The van der Waals surface area contributed by atoms with Crippen molar-refractivity contribution in [3.63, 3.8) is 0 Å². The Balaban J connectivity index is 1.57. The quantitative estimate of drug-likeness (QED) is 0.890. The van der Waals surface area contributed by atoms with Crippen LogP contribution in [0.2, 0.25) is 0 Å². The maximum atomic E-state index is 12.6. The highest BCUT2D eigenvalue weighted by Crippen LogP contribution is 2.25. The van der Waals surface area contributed by atoms with Crippen molar-refractivity contribution in [1.29, 1.82) is 0 Å². The molecule has 1 atom stereocenters. The minimum absolute atomic E-state index is 0.117. The molecule has 1 heterocycles. The normalized spacial score (nSPS) is 22.2. The molecule has 132 valence electrons. The summed E-state index contributed by atoms with van der Waals surface area (Å²) in [4.78, 5) is 14.3. The molecule has 1 aliphatic carbocycles. The van der Waals surface area contributed by atoms with Crippen molar-refractivity contribution in [1.82, 2.24) is 14.5 Å². The van der Waals surface area contributed by atoms with E-state index in [9.17, 15) is 13.2 Å². The summed E-state index contributed by atoms with van der Waals surface area (Å²) in [5.74, 6) is 0. The first-order chi connectivity index (χ1) is 11.3. The van der Waals surface area contributed by atoms with E-state index in [0.717, 1.165) is 25.7 Å². The van der Waals surface area contributed by atoms with Gasteiger partial charge >= 0.3 is 6.03 Å². The highest BCUT2D eigenvalue weighted by Gasteiger charge is 2.30. The largest absolute Gasteiger partial charge is 0.334 e. The molecule has 1 fully saturated rings. The van der Waals surface area contributed by atoms with E-state index < -0.39 is 10.0 Å². The molecular formula is C17H25N3O3S. The second-order valence-corrected chi connectivity index (χ2v) is 8.83. The van der Waals surface area contributed by atoms with Gasteiger partial charge in [-0.25, -0.2) is 17.5 Å². The van der Waals surface area contributed by atoms with Crippen LogP contribution < -0.4 is 5.32 Å². The lowest BCUT2D eigenvalue weighted by Gasteiger charge is -2.33. The summed E-state index contributed by atoms with van der Waals surface area (Å²) >= 11 is 0. The molecule has 1 saturated heterocycles. The van der Waals surface area contributed by atoms with Gasteiger partial charge in [0, 0.05) is 32.2 Å². The Morgan fingerprint density at radius 1 is 1.25 bits per heavy atom. The number of sulfonamides is 1. The minimum Gasteiger partial charge on any atom is -0.334 e. The number of piperidine rings is 1. The topological polar surface area (TPSA) is 69.7 Å². The first kappa shape index (κ1) is 17.2. The van der Waals surface area contributed by atoms with Gasteiger partial charge in [0.2, 0.25) is 10.0 Å². The van der Waals surface area contributed by atoms with Crippen molar-refractivity contribution in [3.05, 3.63) is 35.4 Å². The molecule has 6 nitrogen and oxygen atoms in total. The SMILES string of the molecule is CN(C(=O)NC1CCCN(S(C)(=O)=O)C1)C1Cc2ccccc2C1. The van der Waals surface area contributed by atoms with Crippen LogP contribution in [0.1, 0.15) is 24.0 Å². The molecule has 0 saturated carbocycles. The molecule has 2 aliphatic rings. The third-order valence-corrected chi connectivity index (χ3v) is 6.35. The first-order valence-corrected chi connectivity index (χ1v) is 10.2. The second-order valence-electron chi connectivity index (χ2n) is 6.85. The highest BCUT2D eigenvalue weighted by atomic mass is 32.2. The van der Waals surface area contributed by atoms with E-state index in [1.807, 2.05) is 19.2 Å². The van der Waals surface area contributed by atoms with Crippen LogP contribution in [0.5, 0.6) is 0 Å². The number of hydrogen-bond acceptors (Lipinski definition) is 3. The predicted molar refractivity (Wildman–Crippen MR) is 93.4 cm³/mol. The molecule has 0 spiro atoms. The van der Waals surface area contributed by atoms with Crippen LogP contribution in [0.4, 0.5) is 4.79 Å². The van der Waals surface area contributed by atoms with Gasteiger partial charge in [0.15, 0.2) is 0 Å². The van der Waals surface area contributed by atoms with E-state index in [0.29, 0.717) is 13.1 Å². The zero-order valence-corrected chi connectivity index (χ0v) is 15.1. The van der Waals surface area contributed by atoms with E-state index in [4.69, 9.17) is 0 Å². The Bertz CT molecular complexity index is 695. The van der Waals surface area contributed by atoms with Crippen LogP contribution in [0, 0.1) is 0 Å². The van der Waals surface area contributed by atoms with E-state index in [2.05, 4.69) is 17.4 Å². The molecule has 0 aromatic heterocycles. The molecule has 2 amide bonds. The fourth-order valence-corrected chi connectivity index (χ4v) is 4.52. The van der Waals surface area contributed by atoms with Gasteiger partial charge in [-0.15, -0.1) is 0 Å². The van der Waals surface area contributed by atoms with Crippen LogP contribution >= 0.6 is 0 Å². The lowest BCUT2D eigenvalue weighted by atomic mass is 10.1. The van der Waals surface area contributed by atoms with Gasteiger partial charge in [-0.3, -0.25) is 0 Å². The summed E-state index contributed by atoms with van der Waals surface area (Å²) < 4.78 is 24.8. The summed E-state index contributed by atoms with van der Waals surface area (Å²) in [5.41, 5.74) is 2.62. The van der Waals surface area contributed by atoms with Gasteiger partial charge in [-0.2, -0.15) is 0 Å². The number of fused-ring (bicyclic) bond motifs is 1. The predicted octanol–water partition coefficient (Wildman–Crippen LogP) is 1.22. The molecule has 0 radical (unpaired) electrons. The van der Waals surface area contributed by atoms with E-state index >= 15 is 0 Å². The van der Waals surface area contributed by atoms with Gasteiger partial charge in [-0.1, -0.05) is 24.3 Å². The number of amides is 2. The van der Waals surface area contributed by atoms with E-state index in [1.54, 1.807) is 4.90 Å². The maximum absolute atomic E-state index is 12.6. The smallest absolute Gasteiger partial charge is 0.317 e. The van der Waals surface area contributed by atoms with Crippen molar-refractivity contribution < 1.29 is 13.2 Å². The van der Waals surface area contributed by atoms with Gasteiger partial charge in [-0.05, 0) is 36.8 Å². The van der Waals surface area contributed by atoms with E-state index in [-0.39, 0.29) is 18.1 Å². The van der Waals surface area contributed by atoms with E-state index in [1.165, 1.54) is 21.7 Å². The number of nitrogens with one attached hydrogen (secondary N) is 1. The second kappa shape index (κ2) is 6.72. The van der Waals surface area contributed by atoms with Crippen LogP contribution in [-0.2, 0) is 22.9 Å². The van der Waals surface area contributed by atoms with Crippen LogP contribution in [0.15, 0.2) is 24.3 Å². The Labute approximate surface area is 143 Å². The number of carbonyl (C=O) groups excluding carboxylic acids is 1. The zero-order valence-electron chi connectivity index (χ0n) is 14.2. The number of benzene rings is 1. The fourth-order valence-electron chi connectivity index (χ4n) is 3.61. The number of nitrogens with zero attached hydrogens (tertiary/aromatic N) is 2. The highest BCUT2D eigenvalue weighted by molar-refractivity contribution is 7.88. The van der Waals surface area contributed by atoms with Crippen molar-refractivity contribution >= 4 is 16.1 Å². The van der Waals surface area contributed by atoms with Crippen LogP contribution in [0.25, 0.3) is 0 Å². The molecular weight excluding hydrogens is 326 g/mol. The number of rotatable bonds is 3. The Morgan fingerprint density at radius 3 is 2.46 bits per heavy atom. The Hall–Kier alpha value is -1.60. The minimum atomic E-state index is -3.20. The van der Waals surface area contributed by atoms with Crippen molar-refractivity contribution in [2.45, 2.75) is 37.8 Å². The number of carbonyl (C=O) groups is 1. The number of likely N-dealkylation sites (N-methyl/N-ethyl adjacent to an activating group) is 1. The molecule has 0 bridgehead atoms. The van der Waals surface area contributed by atoms with Crippen molar-refractivity contribution in [2.75, 3.05) is 26.4 Å². The lowest BCUT2D eigenvalue weighted by molar-refractivity contribution is 0.180. The monoisotopic (exact) mass is 351 g/mol. The molecule has 7 heteroatoms. The fraction of sp³-hybridized carbons (Fsp3) is 0.588. The molecule has 24 heavy (non-hydrogen) atoms. The summed E-state index contributed by atoms with van der Waals surface area (Å²) in [6.07, 6.45) is 4.56. The van der Waals surface area contributed by atoms with Gasteiger partial charge in [0.25, 0.3) is 0 Å². The summed E-state index contributed by atoms with van der Waals surface area (Å²) in [6.45, 7) is 0.905. The van der Waals surface area contributed by atoms with Crippen LogP contribution in [-0.4, -0.2) is 62.1 Å². The average Bonchev–Trinajstić information content (AvgIpc) is 2.97. The average molecular weight is 351 g/mol. The zero-order chi connectivity index (χ0) is 17.3. The Morgan fingerprint density at radius 2 is 1.88 bits per heavy atom. The third kappa shape index (κ3) is 3.72. The molecule has 1 aliphatic heterocycles. The molecule has 1 N–H and O–H groups in total. The number of hydrogen-bond donors (Lipinski definition) is 1. The first-order valence-electron chi connectivity index (χ1n) is 8.40. The molecule has 1 aromatic rings. The lowest BCUT2D eigenvalue weighted by Crippen LogP contribution is -2.53. The van der Waals surface area contributed by atoms with Gasteiger partial charge < -0.3 is 10.2 Å². The standard InChI is InChI=1S/C17H25N3O3S/c1-19(16-10-13-6-3-4-7-14(13)11-16)17(21)18-15-8-5-9-20(12-15)24(2,22)23/h3-4,6-7,15-16H,5,8-12H2,1-2H3,(H,18,21). The third-order valence-electron chi connectivity index (χ3n) is 5.08. The van der Waals surface area contributed by atoms with Gasteiger partial charge in [0.1, 0.15) is 0 Å². The summed E-state index contributed by atoms with van der Waals surface area (Å²) in [5, 5.41) is 3.01. The maximum Gasteiger partial charge on any atom is 0.317 e. The molecule has 1 aromatic carbocycles.